The van der Waals surface area contributed by atoms with Crippen LogP contribution in [0.15, 0.2) is 0 Å². The smallest absolute Gasteiger partial charge is 0.278 e. The lowest BCUT2D eigenvalue weighted by atomic mass is 10.3. The predicted octanol–water partition coefficient (Wildman–Crippen LogP) is -24.5. The first kappa shape index (κ1) is 155. The van der Waals surface area contributed by atoms with E-state index in [-0.39, 0.29) is 74.6 Å². The fraction of sp³-hybridized carbons (Fsp3) is 0. The lowest BCUT2D eigenvalue weighted by Crippen LogP contribution is -2.56. The zero-order valence-corrected chi connectivity index (χ0v) is 18.0. The summed E-state index contributed by atoms with van der Waals surface area (Å²) >= 11 is 0. The van der Waals surface area contributed by atoms with Gasteiger partial charge in [-0.2, -0.15) is 0 Å². The molecule has 0 bridgehead atoms. The Bertz CT molecular complexity index is 97.8. The molecule has 0 radical (unpaired) electrons. The van der Waals surface area contributed by atoms with Crippen LogP contribution in [0.3, 0.4) is 0 Å². The number of rotatable bonds is 0. The molecule has 0 aromatic rings. The van der Waals surface area contributed by atoms with Crippen LogP contribution in [0.1, 0.15) is 0 Å². The average Bonchev–Trinajstić information content (AvgIpc) is 1.94. The average molecular weight is 528 g/mol. The van der Waals surface area contributed by atoms with Gasteiger partial charge >= 0.3 is 0 Å². The quantitative estimate of drug-likeness (QED) is 0.182. The van der Waals surface area contributed by atoms with Crippen molar-refractivity contribution in [2.45, 2.75) is 0 Å². The normalized spacial score (nSPS) is 4.09. The highest BCUT2D eigenvalue weighted by atomic mass is 16.5. The first-order valence-corrected chi connectivity index (χ1v) is 3.54. The summed E-state index contributed by atoms with van der Waals surface area (Å²) in [4.78, 5) is 0. The summed E-state index contributed by atoms with van der Waals surface area (Å²) in [6.45, 7) is 0. The lowest BCUT2D eigenvalue weighted by molar-refractivity contribution is -0.481. The van der Waals surface area contributed by atoms with Gasteiger partial charge in [-0.25, -0.2) is 0 Å². The van der Waals surface area contributed by atoms with Crippen LogP contribution in [-0.4, -0.2) is 80.4 Å². The third-order valence-electron chi connectivity index (χ3n) is 0. The van der Waals surface area contributed by atoms with Crippen molar-refractivity contribution in [2.75, 3.05) is 0 Å². The van der Waals surface area contributed by atoms with Gasteiger partial charge < -0.3 is 150 Å². The topological polar surface area (TPSA) is 780 Å². The van der Waals surface area contributed by atoms with Crippen molar-refractivity contribution < 1.29 is 119 Å². The summed E-state index contributed by atoms with van der Waals surface area (Å²) in [6, 6.07) is 0. The second-order valence-corrected chi connectivity index (χ2v) is 1.44. The second kappa shape index (κ2) is 141. The zero-order valence-electron chi connectivity index (χ0n) is 18.0. The maximum atomic E-state index is 8.42. The Hall–Kier alpha value is -0.795. The van der Waals surface area contributed by atoms with E-state index in [0.29, 0.717) is 0 Å². The van der Waals surface area contributed by atoms with Crippen LogP contribution in [0, 0.1) is 0 Å². The molecule has 224 valence electrons. The molecule has 0 spiro atoms. The monoisotopic (exact) mass is 529 g/mol. The van der Waals surface area contributed by atoms with E-state index in [9.17, 15) is 0 Å². The van der Waals surface area contributed by atoms with Crippen LogP contribution in [0.2, 0.25) is 0 Å². The number of quaternary nitrogens is 5. The molecular weight excluding hydrogens is 492 g/mol. The van der Waals surface area contributed by atoms with E-state index in [1.54, 1.807) is 0 Å². The van der Waals surface area contributed by atoms with Crippen LogP contribution in [0.4, 0.5) is 0 Å². The minimum atomic E-state index is -2.92. The maximum Gasteiger partial charge on any atom is -0.278 e. The summed E-state index contributed by atoms with van der Waals surface area (Å²) in [5, 5.41) is 126. The molecule has 0 unspecified atom stereocenters. The summed E-state index contributed by atoms with van der Waals surface area (Å²) in [6.07, 6.45) is 0. The zero-order chi connectivity index (χ0) is 17.9. The predicted molar refractivity (Wildman–Crippen MR) is 87.6 cm³/mol. The minimum Gasteiger partial charge on any atom is -0.907 e. The molecule has 28 nitrogen and oxygen atoms in total. The molecule has 0 aliphatic carbocycles. The molecule has 0 aromatic heterocycles. The van der Waals surface area contributed by atoms with Crippen LogP contribution in [0.5, 0.6) is 0 Å². The molecule has 36 N–H and O–H groups in total. The van der Waals surface area contributed by atoms with E-state index >= 15 is 0 Å². The Morgan fingerprint density at radius 2 is 0.182 bits per heavy atom. The molecule has 0 fully saturated rings. The van der Waals surface area contributed by atoms with Crippen molar-refractivity contribution in [3.05, 3.63) is 0 Å². The van der Waals surface area contributed by atoms with Crippen LogP contribution in [0.25, 0.3) is 0 Å². The molecule has 0 heterocycles. The molecular formula is H36B5N5O23-10. The minimum absolute atomic E-state index is 0. The fourth-order valence-corrected chi connectivity index (χ4v) is 0. The lowest BCUT2D eigenvalue weighted by Gasteiger charge is -2.35. The van der Waals surface area contributed by atoms with E-state index in [2.05, 4.69) is 0 Å². The van der Waals surface area contributed by atoms with Gasteiger partial charge in [0, 0.05) is 0 Å². The Morgan fingerprint density at radius 3 is 0.182 bits per heavy atom. The molecule has 0 rings (SSSR count). The van der Waals surface area contributed by atoms with Gasteiger partial charge in [0.2, 0.25) is 0 Å². The SMILES string of the molecule is O.O.O.O.O.O.O.O.[NH4+].[NH4+].[NH4+].[NH4+].[NH4+].[O-]B([O-])[O-].[O-]B([O-])[O-].[O-]B([O-])[O-].[O-]B([O-])[O-].[O-]B([O-])[O-]. The molecule has 0 saturated heterocycles. The van der Waals surface area contributed by atoms with Crippen LogP contribution in [-0.2, 0) is 0 Å². The molecule has 0 aliphatic heterocycles. The van der Waals surface area contributed by atoms with Gasteiger partial charge in [-0.05, 0) is 0 Å². The fourth-order valence-electron chi connectivity index (χ4n) is 0. The van der Waals surface area contributed by atoms with E-state index in [1.807, 2.05) is 0 Å². The van der Waals surface area contributed by atoms with E-state index in [4.69, 9.17) is 75.4 Å². The molecule has 0 aliphatic rings. The van der Waals surface area contributed by atoms with E-state index in [0.717, 1.165) is 0 Å². The third kappa shape index (κ3) is 42100. The Kier molecular flexibility index (Phi) is 664. The van der Waals surface area contributed by atoms with Gasteiger partial charge in [0.05, 0.1) is 0 Å². The first-order valence-electron chi connectivity index (χ1n) is 3.54. The molecule has 0 aromatic carbocycles. The van der Waals surface area contributed by atoms with Crippen molar-refractivity contribution in [1.82, 2.24) is 30.8 Å². The summed E-state index contributed by atoms with van der Waals surface area (Å²) in [5.74, 6) is 0. The number of hydrogen-bond acceptors (Lipinski definition) is 15. The van der Waals surface area contributed by atoms with E-state index in [1.165, 1.54) is 0 Å². The maximum absolute atomic E-state index is 8.42. The molecule has 0 saturated carbocycles. The van der Waals surface area contributed by atoms with Gasteiger partial charge in [-0.15, -0.1) is 0 Å². The molecule has 33 heavy (non-hydrogen) atoms. The highest BCUT2D eigenvalue weighted by Gasteiger charge is 1.18. The highest BCUT2D eigenvalue weighted by molar-refractivity contribution is 6.24. The molecule has 0 atom stereocenters. The molecule has 33 heteroatoms. The van der Waals surface area contributed by atoms with Gasteiger partial charge in [-0.1, -0.05) is 0 Å². The summed E-state index contributed by atoms with van der Waals surface area (Å²) in [5.41, 5.74) is 0. The van der Waals surface area contributed by atoms with Gasteiger partial charge in [0.25, 0.3) is 0 Å². The third-order valence-corrected chi connectivity index (χ3v) is 0. The Labute approximate surface area is 187 Å². The first-order chi connectivity index (χ1) is 8.66. The van der Waals surface area contributed by atoms with Crippen molar-refractivity contribution in [1.29, 1.82) is 0 Å². The van der Waals surface area contributed by atoms with Crippen molar-refractivity contribution in [2.24, 2.45) is 0 Å². The van der Waals surface area contributed by atoms with E-state index < -0.39 is 36.6 Å². The van der Waals surface area contributed by atoms with Gasteiger partial charge in [-0.3, -0.25) is 36.6 Å². The van der Waals surface area contributed by atoms with Crippen molar-refractivity contribution >= 4 is 36.6 Å². The van der Waals surface area contributed by atoms with Crippen molar-refractivity contribution in [3.8, 4) is 0 Å². The Morgan fingerprint density at radius 1 is 0.182 bits per heavy atom. The number of hydrogen-bond donors (Lipinski definition) is 5. The Balaban J connectivity index is -0.00000000485. The van der Waals surface area contributed by atoms with Crippen molar-refractivity contribution in [3.63, 3.8) is 0 Å². The highest BCUT2D eigenvalue weighted by Crippen LogP contribution is 1.01. The standard InChI is InChI=1S/5BO3.5H3N.8H2O/c5*2-1(3)4;;;;;;;;;;;;;/h;;;;;5*1H3;8*1H2/q5*-3;;;;;;;;;;;;;/p+5. The molecule has 0 amide bonds. The second-order valence-electron chi connectivity index (χ2n) is 1.44. The van der Waals surface area contributed by atoms with Crippen LogP contribution < -0.4 is 106 Å². The largest absolute Gasteiger partial charge is 0.907 e. The summed E-state index contributed by atoms with van der Waals surface area (Å²) < 4.78 is 0. The summed E-state index contributed by atoms with van der Waals surface area (Å²) in [7, 11) is -14.6. The van der Waals surface area contributed by atoms with Crippen LogP contribution >= 0.6 is 0 Å². The van der Waals surface area contributed by atoms with Gasteiger partial charge in [0.15, 0.2) is 0 Å². The van der Waals surface area contributed by atoms with Gasteiger partial charge in [0.1, 0.15) is 0 Å².